The molecule has 3 aromatic rings. The van der Waals surface area contributed by atoms with Crippen molar-refractivity contribution in [2.75, 3.05) is 5.73 Å². The molecule has 100 valence electrons. The van der Waals surface area contributed by atoms with Crippen LogP contribution in [0.1, 0.15) is 21.6 Å². The predicted octanol–water partition coefficient (Wildman–Crippen LogP) is 3.43. The van der Waals surface area contributed by atoms with Gasteiger partial charge in [0.2, 0.25) is 0 Å². The first-order valence-corrected chi connectivity index (χ1v) is 6.25. The third kappa shape index (κ3) is 1.86. The molecule has 1 heterocycles. The van der Waals surface area contributed by atoms with Crippen molar-refractivity contribution < 1.29 is 9.18 Å². The van der Waals surface area contributed by atoms with E-state index >= 15 is 0 Å². The zero-order valence-corrected chi connectivity index (χ0v) is 10.9. The molecular formula is C16H13FN2O. The van der Waals surface area contributed by atoms with Crippen LogP contribution in [0.5, 0.6) is 0 Å². The van der Waals surface area contributed by atoms with Gasteiger partial charge in [-0.15, -0.1) is 0 Å². The highest BCUT2D eigenvalue weighted by Gasteiger charge is 2.19. The van der Waals surface area contributed by atoms with Gasteiger partial charge in [0.25, 0.3) is 0 Å². The van der Waals surface area contributed by atoms with Crippen LogP contribution in [-0.2, 0) is 0 Å². The number of carbonyl (C=O) groups is 1. The zero-order chi connectivity index (χ0) is 14.3. The number of benzene rings is 2. The lowest BCUT2D eigenvalue weighted by molar-refractivity contribution is 0.104. The molecule has 3 rings (SSSR count). The van der Waals surface area contributed by atoms with Crippen molar-refractivity contribution in [2.24, 2.45) is 0 Å². The van der Waals surface area contributed by atoms with Crippen LogP contribution in [-0.4, -0.2) is 10.8 Å². The minimum absolute atomic E-state index is 0.152. The fourth-order valence-corrected chi connectivity index (χ4v) is 2.44. The van der Waals surface area contributed by atoms with E-state index in [9.17, 15) is 9.18 Å². The minimum atomic E-state index is -0.449. The first kappa shape index (κ1) is 12.4. The third-order valence-electron chi connectivity index (χ3n) is 3.38. The molecule has 3 nitrogen and oxygen atoms in total. The molecule has 0 radical (unpaired) electrons. The molecule has 3 N–H and O–H groups in total. The van der Waals surface area contributed by atoms with E-state index in [2.05, 4.69) is 4.98 Å². The predicted molar refractivity (Wildman–Crippen MR) is 77.3 cm³/mol. The molecule has 4 heteroatoms. The Hall–Kier alpha value is -2.62. The van der Waals surface area contributed by atoms with Gasteiger partial charge in [0.1, 0.15) is 5.82 Å². The number of aromatic nitrogens is 1. The third-order valence-corrected chi connectivity index (χ3v) is 3.38. The second kappa shape index (κ2) is 4.49. The molecule has 0 saturated carbocycles. The molecule has 0 aliphatic carbocycles. The van der Waals surface area contributed by atoms with E-state index in [-0.39, 0.29) is 11.5 Å². The largest absolute Gasteiger partial charge is 0.398 e. The second-order valence-electron chi connectivity index (χ2n) is 4.73. The van der Waals surface area contributed by atoms with E-state index in [1.807, 2.05) is 31.2 Å². The Morgan fingerprint density at radius 3 is 2.70 bits per heavy atom. The number of para-hydroxylation sites is 1. The summed E-state index contributed by atoms with van der Waals surface area (Å²) < 4.78 is 13.1. The van der Waals surface area contributed by atoms with Gasteiger partial charge in [-0.05, 0) is 31.2 Å². The van der Waals surface area contributed by atoms with Crippen LogP contribution in [0.2, 0.25) is 0 Å². The van der Waals surface area contributed by atoms with Gasteiger partial charge in [-0.25, -0.2) is 4.39 Å². The summed E-state index contributed by atoms with van der Waals surface area (Å²) in [6.07, 6.45) is 0. The number of carbonyl (C=O) groups excluding carboxylic acids is 1. The summed E-state index contributed by atoms with van der Waals surface area (Å²) in [6, 6.07) is 11.4. The molecule has 2 aromatic carbocycles. The summed E-state index contributed by atoms with van der Waals surface area (Å²) in [5.74, 6) is -0.646. The lowest BCUT2D eigenvalue weighted by Crippen LogP contribution is -2.06. The maximum absolute atomic E-state index is 13.1. The monoisotopic (exact) mass is 268 g/mol. The van der Waals surface area contributed by atoms with Crippen LogP contribution >= 0.6 is 0 Å². The Morgan fingerprint density at radius 1 is 1.20 bits per heavy atom. The number of rotatable bonds is 2. The number of hydrogen-bond donors (Lipinski definition) is 2. The molecule has 0 aliphatic rings. The Balaban J connectivity index is 2.20. The van der Waals surface area contributed by atoms with Gasteiger partial charge in [0.05, 0.1) is 5.56 Å². The molecular weight excluding hydrogens is 255 g/mol. The lowest BCUT2D eigenvalue weighted by Gasteiger charge is -2.05. The minimum Gasteiger partial charge on any atom is -0.398 e. The smallest absolute Gasteiger partial charge is 0.197 e. The molecule has 0 fully saturated rings. The van der Waals surface area contributed by atoms with Gasteiger partial charge in [-0.1, -0.05) is 18.2 Å². The number of fused-ring (bicyclic) bond motifs is 1. The molecule has 20 heavy (non-hydrogen) atoms. The van der Waals surface area contributed by atoms with Crippen molar-refractivity contribution in [1.82, 2.24) is 4.98 Å². The number of aromatic amines is 1. The fourth-order valence-electron chi connectivity index (χ4n) is 2.44. The number of nitrogens with two attached hydrogens (primary N) is 1. The summed E-state index contributed by atoms with van der Waals surface area (Å²) in [4.78, 5) is 15.8. The molecule has 0 saturated heterocycles. The Kier molecular flexibility index (Phi) is 2.79. The Bertz CT molecular complexity index is 820. The summed E-state index contributed by atoms with van der Waals surface area (Å²) in [5.41, 5.74) is 8.48. The van der Waals surface area contributed by atoms with Gasteiger partial charge >= 0.3 is 0 Å². The number of hydrogen-bond acceptors (Lipinski definition) is 2. The van der Waals surface area contributed by atoms with E-state index < -0.39 is 5.82 Å². The van der Waals surface area contributed by atoms with Crippen molar-refractivity contribution in [3.05, 3.63) is 65.1 Å². The molecule has 0 unspecified atom stereocenters. The summed E-state index contributed by atoms with van der Waals surface area (Å²) in [5, 5.41) is 0.846. The van der Waals surface area contributed by atoms with E-state index in [1.54, 1.807) is 0 Å². The van der Waals surface area contributed by atoms with Crippen molar-refractivity contribution in [3.63, 3.8) is 0 Å². The maximum Gasteiger partial charge on any atom is 0.197 e. The quantitative estimate of drug-likeness (QED) is 0.552. The first-order valence-electron chi connectivity index (χ1n) is 6.25. The molecule has 0 aliphatic heterocycles. The number of halogens is 1. The molecule has 1 aromatic heterocycles. The number of anilines is 1. The summed E-state index contributed by atoms with van der Waals surface area (Å²) in [6.45, 7) is 1.84. The average molecular weight is 268 g/mol. The van der Waals surface area contributed by atoms with Crippen LogP contribution in [0.3, 0.4) is 0 Å². The SMILES string of the molecule is Cc1[nH]c2ccccc2c1C(=O)c1ccc(F)cc1N. The summed E-state index contributed by atoms with van der Waals surface area (Å²) in [7, 11) is 0. The Morgan fingerprint density at radius 2 is 1.95 bits per heavy atom. The van der Waals surface area contributed by atoms with Crippen LogP contribution in [0.15, 0.2) is 42.5 Å². The van der Waals surface area contributed by atoms with Crippen molar-refractivity contribution in [3.8, 4) is 0 Å². The van der Waals surface area contributed by atoms with Gasteiger partial charge < -0.3 is 10.7 Å². The fraction of sp³-hybridized carbons (Fsp3) is 0.0625. The number of aryl methyl sites for hydroxylation is 1. The van der Waals surface area contributed by atoms with E-state index in [0.717, 1.165) is 22.7 Å². The topological polar surface area (TPSA) is 58.9 Å². The van der Waals surface area contributed by atoms with E-state index in [0.29, 0.717) is 11.1 Å². The van der Waals surface area contributed by atoms with E-state index in [4.69, 9.17) is 5.73 Å². The van der Waals surface area contributed by atoms with E-state index in [1.165, 1.54) is 12.1 Å². The maximum atomic E-state index is 13.1. The number of H-pyrrole nitrogens is 1. The highest BCUT2D eigenvalue weighted by atomic mass is 19.1. The molecule has 0 amide bonds. The highest BCUT2D eigenvalue weighted by Crippen LogP contribution is 2.26. The number of ketones is 1. The standard InChI is InChI=1S/C16H13FN2O/c1-9-15(12-4-2-3-5-14(12)19-9)16(20)11-7-6-10(17)8-13(11)18/h2-8,19H,18H2,1H3. The lowest BCUT2D eigenvalue weighted by atomic mass is 9.99. The average Bonchev–Trinajstić information content (AvgIpc) is 2.73. The Labute approximate surface area is 115 Å². The van der Waals surface area contributed by atoms with Crippen LogP contribution in [0.25, 0.3) is 10.9 Å². The number of nitrogens with one attached hydrogen (secondary N) is 1. The highest BCUT2D eigenvalue weighted by molar-refractivity contribution is 6.19. The second-order valence-corrected chi connectivity index (χ2v) is 4.73. The van der Waals surface area contributed by atoms with Crippen LogP contribution < -0.4 is 5.73 Å². The number of nitrogen functional groups attached to an aromatic ring is 1. The normalized spacial score (nSPS) is 10.9. The summed E-state index contributed by atoms with van der Waals surface area (Å²) >= 11 is 0. The van der Waals surface area contributed by atoms with Crippen molar-refractivity contribution in [2.45, 2.75) is 6.92 Å². The van der Waals surface area contributed by atoms with Gasteiger partial charge in [0.15, 0.2) is 5.78 Å². The molecule has 0 spiro atoms. The van der Waals surface area contributed by atoms with Crippen LogP contribution in [0.4, 0.5) is 10.1 Å². The van der Waals surface area contributed by atoms with Crippen molar-refractivity contribution >= 4 is 22.4 Å². The van der Waals surface area contributed by atoms with Gasteiger partial charge in [-0.3, -0.25) is 4.79 Å². The molecule has 0 atom stereocenters. The van der Waals surface area contributed by atoms with Gasteiger partial charge in [-0.2, -0.15) is 0 Å². The first-order chi connectivity index (χ1) is 9.58. The van der Waals surface area contributed by atoms with Crippen molar-refractivity contribution in [1.29, 1.82) is 0 Å². The van der Waals surface area contributed by atoms with Crippen LogP contribution in [0, 0.1) is 12.7 Å². The van der Waals surface area contributed by atoms with Gasteiger partial charge in [0, 0.05) is 27.8 Å². The molecule has 0 bridgehead atoms. The zero-order valence-electron chi connectivity index (χ0n) is 10.9.